The first-order valence-electron chi connectivity index (χ1n) is 7.10. The molecule has 0 unspecified atom stereocenters. The van der Waals surface area contributed by atoms with Crippen LogP contribution in [0.5, 0.6) is 0 Å². The molecule has 0 saturated carbocycles. The van der Waals surface area contributed by atoms with Crippen LogP contribution in [0.15, 0.2) is 54.0 Å². The molecule has 2 aromatic heterocycles. The number of urea groups is 1. The topological polar surface area (TPSA) is 54.0 Å². The van der Waals surface area contributed by atoms with E-state index in [1.165, 1.54) is 0 Å². The highest BCUT2D eigenvalue weighted by molar-refractivity contribution is 7.13. The van der Waals surface area contributed by atoms with E-state index < -0.39 is 0 Å². The van der Waals surface area contributed by atoms with Crippen LogP contribution >= 0.6 is 34.5 Å². The minimum absolute atomic E-state index is 0.317. The van der Waals surface area contributed by atoms with E-state index in [4.69, 9.17) is 23.2 Å². The van der Waals surface area contributed by atoms with Gasteiger partial charge in [0.2, 0.25) is 0 Å². The molecule has 24 heavy (non-hydrogen) atoms. The molecule has 0 atom stereocenters. The van der Waals surface area contributed by atoms with Crippen LogP contribution in [0.25, 0.3) is 10.6 Å². The van der Waals surface area contributed by atoms with Crippen LogP contribution in [-0.2, 0) is 6.54 Å². The molecular weight excluding hydrogens is 365 g/mol. The maximum Gasteiger partial charge on any atom is 0.319 e. The van der Waals surface area contributed by atoms with E-state index >= 15 is 0 Å². The highest BCUT2D eigenvalue weighted by atomic mass is 35.5. The molecule has 0 spiro atoms. The summed E-state index contributed by atoms with van der Waals surface area (Å²) in [4.78, 5) is 17.4. The lowest BCUT2D eigenvalue weighted by Crippen LogP contribution is -2.28. The van der Waals surface area contributed by atoms with E-state index in [1.807, 2.05) is 29.6 Å². The summed E-state index contributed by atoms with van der Waals surface area (Å²) in [5.41, 5.74) is 2.45. The van der Waals surface area contributed by atoms with E-state index in [0.717, 1.165) is 16.1 Å². The SMILES string of the molecule is O=C(NCc1ccnc(-c2cccs2)c1)Nc1ccc(Cl)c(Cl)c1. The monoisotopic (exact) mass is 377 g/mol. The molecule has 7 heteroatoms. The Morgan fingerprint density at radius 1 is 1.12 bits per heavy atom. The molecule has 3 aromatic rings. The number of carbonyl (C=O) groups is 1. The van der Waals surface area contributed by atoms with Crippen molar-refractivity contribution in [3.63, 3.8) is 0 Å². The van der Waals surface area contributed by atoms with Gasteiger partial charge in [0.05, 0.1) is 20.6 Å². The maximum atomic E-state index is 12.0. The molecule has 3 rings (SSSR count). The van der Waals surface area contributed by atoms with Gasteiger partial charge < -0.3 is 10.6 Å². The number of benzene rings is 1. The average molecular weight is 378 g/mol. The molecule has 0 bridgehead atoms. The molecule has 0 radical (unpaired) electrons. The molecular formula is C17H13Cl2N3OS. The van der Waals surface area contributed by atoms with Crippen LogP contribution in [0.4, 0.5) is 10.5 Å². The van der Waals surface area contributed by atoms with Crippen LogP contribution < -0.4 is 10.6 Å². The minimum Gasteiger partial charge on any atom is -0.334 e. The van der Waals surface area contributed by atoms with Crippen LogP contribution in [0, 0.1) is 0 Å². The summed E-state index contributed by atoms with van der Waals surface area (Å²) >= 11 is 13.4. The molecule has 2 amide bonds. The van der Waals surface area contributed by atoms with Crippen molar-refractivity contribution in [1.29, 1.82) is 0 Å². The number of pyridine rings is 1. The number of thiophene rings is 1. The third-order valence-corrected chi connectivity index (χ3v) is 4.86. The van der Waals surface area contributed by atoms with Crippen molar-refractivity contribution in [2.45, 2.75) is 6.54 Å². The summed E-state index contributed by atoms with van der Waals surface area (Å²) in [6.07, 6.45) is 1.74. The fourth-order valence-corrected chi connectivity index (χ4v) is 3.07. The number of hydrogen-bond acceptors (Lipinski definition) is 3. The maximum absolute atomic E-state index is 12.0. The van der Waals surface area contributed by atoms with Crippen LogP contribution in [0.2, 0.25) is 10.0 Å². The second kappa shape index (κ2) is 7.66. The fourth-order valence-electron chi connectivity index (χ4n) is 2.07. The molecule has 2 N–H and O–H groups in total. The molecule has 0 aliphatic heterocycles. The van der Waals surface area contributed by atoms with Crippen LogP contribution in [0.3, 0.4) is 0 Å². The Kier molecular flexibility index (Phi) is 5.35. The Labute approximate surface area is 153 Å². The van der Waals surface area contributed by atoms with Crippen molar-refractivity contribution in [1.82, 2.24) is 10.3 Å². The third kappa shape index (κ3) is 4.26. The predicted octanol–water partition coefficient (Wildman–Crippen LogP) is 5.44. The molecule has 2 heterocycles. The standard InChI is InChI=1S/C17H13Cl2N3OS/c18-13-4-3-12(9-14(13)19)22-17(23)21-10-11-5-6-20-15(8-11)16-2-1-7-24-16/h1-9H,10H2,(H2,21,22,23). The first kappa shape index (κ1) is 16.8. The number of hydrogen-bond donors (Lipinski definition) is 2. The van der Waals surface area contributed by atoms with Gasteiger partial charge in [-0.1, -0.05) is 29.3 Å². The first-order valence-corrected chi connectivity index (χ1v) is 8.74. The fraction of sp³-hybridized carbons (Fsp3) is 0.0588. The second-order valence-electron chi connectivity index (χ2n) is 4.96. The van der Waals surface area contributed by atoms with E-state index in [0.29, 0.717) is 22.3 Å². The molecule has 4 nitrogen and oxygen atoms in total. The smallest absolute Gasteiger partial charge is 0.319 e. The van der Waals surface area contributed by atoms with Gasteiger partial charge in [0.25, 0.3) is 0 Å². The molecule has 0 aliphatic carbocycles. The number of aromatic nitrogens is 1. The van der Waals surface area contributed by atoms with Crippen molar-refractivity contribution >= 4 is 46.3 Å². The van der Waals surface area contributed by atoms with E-state index in [9.17, 15) is 4.79 Å². The van der Waals surface area contributed by atoms with Gasteiger partial charge in [0.1, 0.15) is 0 Å². The van der Waals surface area contributed by atoms with Crippen LogP contribution in [0.1, 0.15) is 5.56 Å². The zero-order valence-electron chi connectivity index (χ0n) is 12.4. The number of anilines is 1. The Balaban J connectivity index is 1.60. The first-order chi connectivity index (χ1) is 11.6. The molecule has 0 saturated heterocycles. The van der Waals surface area contributed by atoms with Crippen LogP contribution in [-0.4, -0.2) is 11.0 Å². The highest BCUT2D eigenvalue weighted by Gasteiger charge is 2.06. The number of carbonyl (C=O) groups excluding carboxylic acids is 1. The lowest BCUT2D eigenvalue weighted by atomic mass is 10.2. The predicted molar refractivity (Wildman–Crippen MR) is 99.9 cm³/mol. The lowest BCUT2D eigenvalue weighted by molar-refractivity contribution is 0.251. The van der Waals surface area contributed by atoms with Gasteiger partial charge in [-0.05, 0) is 47.3 Å². The Hall–Kier alpha value is -2.08. The molecule has 122 valence electrons. The number of nitrogens with zero attached hydrogens (tertiary/aromatic N) is 1. The minimum atomic E-state index is -0.317. The molecule has 0 fully saturated rings. The van der Waals surface area contributed by atoms with Gasteiger partial charge in [0.15, 0.2) is 0 Å². The summed E-state index contributed by atoms with van der Waals surface area (Å²) in [5.74, 6) is 0. The van der Waals surface area contributed by atoms with Gasteiger partial charge >= 0.3 is 6.03 Å². The van der Waals surface area contributed by atoms with Crippen molar-refractivity contribution in [3.8, 4) is 10.6 Å². The average Bonchev–Trinajstić information content (AvgIpc) is 3.11. The second-order valence-corrected chi connectivity index (χ2v) is 6.73. The van der Waals surface area contributed by atoms with Crippen molar-refractivity contribution in [3.05, 3.63) is 69.7 Å². The van der Waals surface area contributed by atoms with Crippen molar-refractivity contribution in [2.75, 3.05) is 5.32 Å². The number of halogens is 2. The number of nitrogens with one attached hydrogen (secondary N) is 2. The van der Waals surface area contributed by atoms with Crippen molar-refractivity contribution < 1.29 is 4.79 Å². The third-order valence-electron chi connectivity index (χ3n) is 3.23. The van der Waals surface area contributed by atoms with E-state index in [2.05, 4.69) is 15.6 Å². The van der Waals surface area contributed by atoms with Crippen molar-refractivity contribution in [2.24, 2.45) is 0 Å². The lowest BCUT2D eigenvalue weighted by Gasteiger charge is -2.09. The molecule has 0 aliphatic rings. The number of amides is 2. The Bertz CT molecular complexity index is 853. The quantitative estimate of drug-likeness (QED) is 0.635. The zero-order valence-corrected chi connectivity index (χ0v) is 14.8. The molecule has 1 aromatic carbocycles. The summed E-state index contributed by atoms with van der Waals surface area (Å²) in [6.45, 7) is 0.397. The summed E-state index contributed by atoms with van der Waals surface area (Å²) < 4.78 is 0. The number of rotatable bonds is 4. The summed E-state index contributed by atoms with van der Waals surface area (Å²) in [5, 5.41) is 8.36. The largest absolute Gasteiger partial charge is 0.334 e. The van der Waals surface area contributed by atoms with Gasteiger partial charge in [-0.2, -0.15) is 0 Å². The van der Waals surface area contributed by atoms with Gasteiger partial charge in [-0.15, -0.1) is 11.3 Å². The van der Waals surface area contributed by atoms with Gasteiger partial charge in [0, 0.05) is 18.4 Å². The van der Waals surface area contributed by atoms with Gasteiger partial charge in [-0.3, -0.25) is 4.98 Å². The summed E-state index contributed by atoms with van der Waals surface area (Å²) in [7, 11) is 0. The van der Waals surface area contributed by atoms with Gasteiger partial charge in [-0.25, -0.2) is 4.79 Å². The summed E-state index contributed by atoms with van der Waals surface area (Å²) in [6, 6.07) is 12.4. The Morgan fingerprint density at radius 2 is 2.00 bits per heavy atom. The zero-order chi connectivity index (χ0) is 16.9. The highest BCUT2D eigenvalue weighted by Crippen LogP contribution is 2.25. The normalized spacial score (nSPS) is 10.4. The van der Waals surface area contributed by atoms with E-state index in [1.54, 1.807) is 35.7 Å². The van der Waals surface area contributed by atoms with E-state index in [-0.39, 0.29) is 6.03 Å². The Morgan fingerprint density at radius 3 is 2.75 bits per heavy atom.